The van der Waals surface area contributed by atoms with Gasteiger partial charge in [0.2, 0.25) is 5.91 Å². The average Bonchev–Trinajstić information content (AvgIpc) is 2.32. The Labute approximate surface area is 119 Å². The summed E-state index contributed by atoms with van der Waals surface area (Å²) in [4.78, 5) is 17.4. The fourth-order valence-corrected chi connectivity index (χ4v) is 2.86. The molecule has 0 aliphatic carbocycles. The number of amides is 1. The predicted octanol–water partition coefficient (Wildman–Crippen LogP) is 2.04. The highest BCUT2D eigenvalue weighted by atomic mass is 127. The molecule has 2 heterocycles. The van der Waals surface area contributed by atoms with Crippen LogP contribution in [0, 0.1) is 9.49 Å². The summed E-state index contributed by atoms with van der Waals surface area (Å²) in [6.45, 7) is 1.60. The number of nitrogens with two attached hydrogens (primary N) is 1. The summed E-state index contributed by atoms with van der Waals surface area (Å²) < 4.78 is 1.04. The van der Waals surface area contributed by atoms with Crippen LogP contribution in [-0.4, -0.2) is 24.0 Å². The van der Waals surface area contributed by atoms with Crippen LogP contribution in [-0.2, 0) is 4.79 Å². The fraction of sp³-hybridized carbons (Fsp3) is 0.455. The molecule has 0 radical (unpaired) electrons. The second-order valence-corrected chi connectivity index (χ2v) is 5.70. The van der Waals surface area contributed by atoms with Crippen LogP contribution in [0.5, 0.6) is 0 Å². The fourth-order valence-electron chi connectivity index (χ4n) is 2.07. The van der Waals surface area contributed by atoms with Crippen molar-refractivity contribution in [3.05, 3.63) is 21.0 Å². The van der Waals surface area contributed by atoms with Crippen molar-refractivity contribution in [1.82, 2.24) is 4.98 Å². The Morgan fingerprint density at radius 2 is 2.41 bits per heavy atom. The molecular weight excluding hydrogens is 352 g/mol. The number of carbonyl (C=O) groups is 1. The molecule has 0 bridgehead atoms. The second kappa shape index (κ2) is 5.39. The van der Waals surface area contributed by atoms with Gasteiger partial charge in [-0.3, -0.25) is 4.79 Å². The van der Waals surface area contributed by atoms with E-state index in [9.17, 15) is 4.79 Å². The number of carbonyl (C=O) groups excluding carboxylic acids is 1. The molecule has 1 saturated heterocycles. The van der Waals surface area contributed by atoms with Crippen molar-refractivity contribution in [1.29, 1.82) is 0 Å². The van der Waals surface area contributed by atoms with Crippen LogP contribution in [0.25, 0.3) is 0 Å². The van der Waals surface area contributed by atoms with Crippen LogP contribution in [0.3, 0.4) is 0 Å². The lowest BCUT2D eigenvalue weighted by molar-refractivity contribution is -0.122. The number of pyridine rings is 1. The van der Waals surface area contributed by atoms with E-state index in [-0.39, 0.29) is 11.8 Å². The molecule has 2 rings (SSSR count). The lowest BCUT2D eigenvalue weighted by Gasteiger charge is -2.33. The first-order valence-corrected chi connectivity index (χ1v) is 6.89. The molecule has 1 amide bonds. The highest BCUT2D eigenvalue weighted by Gasteiger charge is 2.25. The first-order chi connectivity index (χ1) is 8.08. The summed E-state index contributed by atoms with van der Waals surface area (Å²) in [6.07, 6.45) is 3.59. The largest absolute Gasteiger partial charge is 0.370 e. The number of piperidine rings is 1. The molecule has 6 heteroatoms. The van der Waals surface area contributed by atoms with Gasteiger partial charge in [-0.2, -0.15) is 0 Å². The van der Waals surface area contributed by atoms with Crippen LogP contribution in [0.15, 0.2) is 12.3 Å². The van der Waals surface area contributed by atoms with E-state index in [0.717, 1.165) is 28.6 Å². The van der Waals surface area contributed by atoms with Crippen LogP contribution in [0.2, 0.25) is 5.15 Å². The highest BCUT2D eigenvalue weighted by Crippen LogP contribution is 2.28. The summed E-state index contributed by atoms with van der Waals surface area (Å²) in [5, 5.41) is 0.474. The molecule has 1 atom stereocenters. The minimum Gasteiger partial charge on any atom is -0.370 e. The maximum atomic E-state index is 11.2. The first-order valence-electron chi connectivity index (χ1n) is 5.43. The van der Waals surface area contributed by atoms with E-state index in [1.807, 2.05) is 6.07 Å². The van der Waals surface area contributed by atoms with Crippen molar-refractivity contribution in [3.8, 4) is 0 Å². The Balaban J connectivity index is 2.21. The molecule has 1 aliphatic rings. The molecule has 1 fully saturated rings. The summed E-state index contributed by atoms with van der Waals surface area (Å²) in [6, 6.07) is 1.84. The number of primary amides is 1. The van der Waals surface area contributed by atoms with E-state index in [1.165, 1.54) is 0 Å². The third-order valence-corrected chi connectivity index (χ3v) is 4.00. The van der Waals surface area contributed by atoms with Gasteiger partial charge in [0.25, 0.3) is 0 Å². The molecule has 2 N–H and O–H groups in total. The van der Waals surface area contributed by atoms with Gasteiger partial charge in [0.05, 0.1) is 15.2 Å². The maximum absolute atomic E-state index is 11.2. The summed E-state index contributed by atoms with van der Waals surface area (Å²) in [5.41, 5.74) is 6.41. The van der Waals surface area contributed by atoms with Crippen LogP contribution >= 0.6 is 34.2 Å². The lowest BCUT2D eigenvalue weighted by Crippen LogP contribution is -2.41. The molecule has 0 unspecified atom stereocenters. The molecule has 0 saturated carbocycles. The minimum atomic E-state index is -0.218. The maximum Gasteiger partial charge on any atom is 0.222 e. The zero-order valence-corrected chi connectivity index (χ0v) is 12.1. The van der Waals surface area contributed by atoms with Crippen molar-refractivity contribution < 1.29 is 4.79 Å². The van der Waals surface area contributed by atoms with Gasteiger partial charge in [0.15, 0.2) is 0 Å². The van der Waals surface area contributed by atoms with E-state index in [0.29, 0.717) is 11.7 Å². The van der Waals surface area contributed by atoms with E-state index in [1.54, 1.807) is 6.20 Å². The Kier molecular flexibility index (Phi) is 4.09. The van der Waals surface area contributed by atoms with Crippen molar-refractivity contribution in [2.75, 3.05) is 18.0 Å². The van der Waals surface area contributed by atoms with Gasteiger partial charge in [0, 0.05) is 19.3 Å². The van der Waals surface area contributed by atoms with Gasteiger partial charge < -0.3 is 10.6 Å². The Hall–Kier alpha value is -0.560. The zero-order chi connectivity index (χ0) is 12.4. The summed E-state index contributed by atoms with van der Waals surface area (Å²) >= 11 is 8.13. The second-order valence-electron chi connectivity index (χ2n) is 4.15. The molecule has 1 aromatic rings. The third-order valence-electron chi connectivity index (χ3n) is 2.97. The van der Waals surface area contributed by atoms with Crippen molar-refractivity contribution in [2.45, 2.75) is 12.8 Å². The molecule has 1 aliphatic heterocycles. The van der Waals surface area contributed by atoms with Gasteiger partial charge in [-0.05, 0) is 41.5 Å². The highest BCUT2D eigenvalue weighted by molar-refractivity contribution is 14.1. The summed E-state index contributed by atoms with van der Waals surface area (Å²) in [5.74, 6) is -0.281. The number of aromatic nitrogens is 1. The number of hydrogen-bond donors (Lipinski definition) is 1. The van der Waals surface area contributed by atoms with E-state index in [4.69, 9.17) is 17.3 Å². The van der Waals surface area contributed by atoms with Gasteiger partial charge >= 0.3 is 0 Å². The number of halogens is 2. The van der Waals surface area contributed by atoms with E-state index in [2.05, 4.69) is 32.5 Å². The lowest BCUT2D eigenvalue weighted by atomic mass is 9.97. The van der Waals surface area contributed by atoms with Crippen molar-refractivity contribution >= 4 is 45.8 Å². The zero-order valence-electron chi connectivity index (χ0n) is 9.20. The number of nitrogens with zero attached hydrogens (tertiary/aromatic N) is 2. The number of hydrogen-bond acceptors (Lipinski definition) is 3. The van der Waals surface area contributed by atoms with E-state index < -0.39 is 0 Å². The van der Waals surface area contributed by atoms with Gasteiger partial charge in [-0.15, -0.1) is 0 Å². The van der Waals surface area contributed by atoms with Crippen LogP contribution in [0.1, 0.15) is 12.8 Å². The normalized spacial score (nSPS) is 20.4. The van der Waals surface area contributed by atoms with Gasteiger partial charge in [0.1, 0.15) is 5.15 Å². The minimum absolute atomic E-state index is 0.0634. The molecule has 0 spiro atoms. The molecule has 92 valence electrons. The quantitative estimate of drug-likeness (QED) is 0.644. The molecular formula is C11H13ClIN3O. The number of anilines is 1. The molecule has 1 aromatic heterocycles. The Morgan fingerprint density at radius 1 is 1.65 bits per heavy atom. The van der Waals surface area contributed by atoms with Crippen LogP contribution < -0.4 is 10.6 Å². The average molecular weight is 366 g/mol. The standard InChI is InChI=1S/C11H13ClIN3O/c12-10-4-9(8(13)5-15-10)16-3-1-2-7(6-16)11(14)17/h4-5,7H,1-3,6H2,(H2,14,17)/t7-/m0/s1. The predicted molar refractivity (Wildman–Crippen MR) is 76.1 cm³/mol. The Bertz CT molecular complexity index is 441. The molecule has 0 aromatic carbocycles. The van der Waals surface area contributed by atoms with Crippen molar-refractivity contribution in [2.24, 2.45) is 11.7 Å². The summed E-state index contributed by atoms with van der Waals surface area (Å²) in [7, 11) is 0. The van der Waals surface area contributed by atoms with E-state index >= 15 is 0 Å². The first kappa shape index (κ1) is 12.9. The Morgan fingerprint density at radius 3 is 3.12 bits per heavy atom. The smallest absolute Gasteiger partial charge is 0.222 e. The SMILES string of the molecule is NC(=O)[C@H]1CCCN(c2cc(Cl)ncc2I)C1. The molecule has 4 nitrogen and oxygen atoms in total. The number of rotatable bonds is 2. The van der Waals surface area contributed by atoms with Gasteiger partial charge in [-0.1, -0.05) is 11.6 Å². The molecule has 17 heavy (non-hydrogen) atoms. The van der Waals surface area contributed by atoms with Gasteiger partial charge in [-0.25, -0.2) is 4.98 Å². The van der Waals surface area contributed by atoms with Crippen LogP contribution in [0.4, 0.5) is 5.69 Å². The topological polar surface area (TPSA) is 59.2 Å². The van der Waals surface area contributed by atoms with Crippen molar-refractivity contribution in [3.63, 3.8) is 0 Å². The monoisotopic (exact) mass is 365 g/mol. The third kappa shape index (κ3) is 3.01.